The zero-order chi connectivity index (χ0) is 17.5. The predicted molar refractivity (Wildman–Crippen MR) is 104 cm³/mol. The first kappa shape index (κ1) is 18.2. The van der Waals surface area contributed by atoms with E-state index < -0.39 is 0 Å². The molecule has 2 heterocycles. The Labute approximate surface area is 151 Å². The molecule has 3 rings (SSSR count). The summed E-state index contributed by atoms with van der Waals surface area (Å²) in [5, 5.41) is 3.50. The van der Waals surface area contributed by atoms with E-state index in [-0.39, 0.29) is 0 Å². The molecule has 0 bridgehead atoms. The van der Waals surface area contributed by atoms with Gasteiger partial charge in [-0.3, -0.25) is 0 Å². The number of nitrogens with zero attached hydrogens (tertiary/aromatic N) is 2. The third-order valence-corrected chi connectivity index (χ3v) is 5.04. The van der Waals surface area contributed by atoms with Crippen LogP contribution >= 0.6 is 0 Å². The molecule has 1 saturated heterocycles. The van der Waals surface area contributed by atoms with Crippen LogP contribution in [0.4, 0.5) is 0 Å². The molecule has 136 valence electrons. The SMILES string of the molecule is CCN1CCN(CCCNCc2ccc(-c3ccc(C)cc3)o2)CC1. The van der Waals surface area contributed by atoms with E-state index in [9.17, 15) is 0 Å². The van der Waals surface area contributed by atoms with Gasteiger partial charge in [0.2, 0.25) is 0 Å². The van der Waals surface area contributed by atoms with Gasteiger partial charge >= 0.3 is 0 Å². The molecule has 0 saturated carbocycles. The van der Waals surface area contributed by atoms with Crippen LogP contribution < -0.4 is 5.32 Å². The standard InChI is InChI=1S/C21H31N3O/c1-3-23-13-15-24(16-14-23)12-4-11-22-17-20-9-10-21(25-20)19-7-5-18(2)6-8-19/h5-10,22H,3-4,11-17H2,1-2H3. The largest absolute Gasteiger partial charge is 0.460 e. The number of piperazine rings is 1. The minimum Gasteiger partial charge on any atom is -0.460 e. The van der Waals surface area contributed by atoms with Gasteiger partial charge in [0.05, 0.1) is 6.54 Å². The third-order valence-electron chi connectivity index (χ3n) is 5.04. The van der Waals surface area contributed by atoms with Gasteiger partial charge in [-0.05, 0) is 45.1 Å². The number of likely N-dealkylation sites (N-methyl/N-ethyl adjacent to an activating group) is 1. The average Bonchev–Trinajstić information content (AvgIpc) is 3.11. The van der Waals surface area contributed by atoms with Gasteiger partial charge in [-0.15, -0.1) is 0 Å². The van der Waals surface area contributed by atoms with Gasteiger partial charge in [-0.1, -0.05) is 36.8 Å². The van der Waals surface area contributed by atoms with Crippen LogP contribution in [0.1, 0.15) is 24.7 Å². The summed E-state index contributed by atoms with van der Waals surface area (Å²) in [5.74, 6) is 1.96. The van der Waals surface area contributed by atoms with Crippen molar-refractivity contribution in [3.05, 3.63) is 47.7 Å². The minimum absolute atomic E-state index is 0.801. The molecule has 4 nitrogen and oxygen atoms in total. The van der Waals surface area contributed by atoms with Gasteiger partial charge in [0.25, 0.3) is 0 Å². The lowest BCUT2D eigenvalue weighted by Crippen LogP contribution is -2.46. The first-order valence-corrected chi connectivity index (χ1v) is 9.56. The second-order valence-electron chi connectivity index (χ2n) is 6.94. The van der Waals surface area contributed by atoms with Crippen molar-refractivity contribution in [2.24, 2.45) is 0 Å². The molecule has 1 aromatic carbocycles. The van der Waals surface area contributed by atoms with E-state index in [1.54, 1.807) is 0 Å². The summed E-state index contributed by atoms with van der Waals surface area (Å²) in [6, 6.07) is 12.6. The average molecular weight is 341 g/mol. The first-order chi connectivity index (χ1) is 12.2. The second kappa shape index (κ2) is 9.18. The number of hydrogen-bond donors (Lipinski definition) is 1. The summed E-state index contributed by atoms with van der Waals surface area (Å²) in [6.07, 6.45) is 1.19. The smallest absolute Gasteiger partial charge is 0.134 e. The Bertz CT molecular complexity index is 627. The Hall–Kier alpha value is -1.62. The lowest BCUT2D eigenvalue weighted by Gasteiger charge is -2.33. The van der Waals surface area contributed by atoms with Gasteiger partial charge in [-0.2, -0.15) is 0 Å². The van der Waals surface area contributed by atoms with Crippen LogP contribution in [0.2, 0.25) is 0 Å². The van der Waals surface area contributed by atoms with E-state index >= 15 is 0 Å². The number of furan rings is 1. The molecule has 4 heteroatoms. The van der Waals surface area contributed by atoms with Gasteiger partial charge < -0.3 is 19.5 Å². The molecule has 1 aromatic heterocycles. The molecule has 1 aliphatic heterocycles. The van der Waals surface area contributed by atoms with Crippen molar-refractivity contribution >= 4 is 0 Å². The van der Waals surface area contributed by atoms with Crippen molar-refractivity contribution in [3.8, 4) is 11.3 Å². The molecule has 2 aromatic rings. The highest BCUT2D eigenvalue weighted by molar-refractivity contribution is 5.57. The maximum atomic E-state index is 5.95. The summed E-state index contributed by atoms with van der Waals surface area (Å²) >= 11 is 0. The van der Waals surface area contributed by atoms with E-state index in [0.717, 1.165) is 30.2 Å². The molecule has 1 aliphatic rings. The molecule has 1 fully saturated rings. The van der Waals surface area contributed by atoms with E-state index in [4.69, 9.17) is 4.42 Å². The van der Waals surface area contributed by atoms with Crippen LogP contribution in [0.15, 0.2) is 40.8 Å². The van der Waals surface area contributed by atoms with Crippen molar-refractivity contribution in [1.29, 1.82) is 0 Å². The molecule has 0 radical (unpaired) electrons. The lowest BCUT2D eigenvalue weighted by molar-refractivity contribution is 0.136. The maximum absolute atomic E-state index is 5.95. The highest BCUT2D eigenvalue weighted by Gasteiger charge is 2.14. The third kappa shape index (κ3) is 5.43. The highest BCUT2D eigenvalue weighted by atomic mass is 16.3. The lowest BCUT2D eigenvalue weighted by atomic mass is 10.1. The van der Waals surface area contributed by atoms with Crippen molar-refractivity contribution in [2.75, 3.05) is 45.8 Å². The minimum atomic E-state index is 0.801. The Morgan fingerprint density at radius 3 is 2.40 bits per heavy atom. The molecular weight excluding hydrogens is 310 g/mol. The fourth-order valence-electron chi connectivity index (χ4n) is 3.31. The molecule has 0 unspecified atom stereocenters. The van der Waals surface area contributed by atoms with Crippen LogP contribution in [0.25, 0.3) is 11.3 Å². The number of nitrogens with one attached hydrogen (secondary N) is 1. The Morgan fingerprint density at radius 2 is 1.68 bits per heavy atom. The molecule has 0 aliphatic carbocycles. The summed E-state index contributed by atoms with van der Waals surface area (Å²) in [6.45, 7) is 13.4. The van der Waals surface area contributed by atoms with Crippen molar-refractivity contribution in [2.45, 2.75) is 26.8 Å². The van der Waals surface area contributed by atoms with Gasteiger partial charge in [0.1, 0.15) is 11.5 Å². The Morgan fingerprint density at radius 1 is 0.960 bits per heavy atom. The van der Waals surface area contributed by atoms with Gasteiger partial charge in [-0.25, -0.2) is 0 Å². The number of hydrogen-bond acceptors (Lipinski definition) is 4. The molecular formula is C21H31N3O. The molecule has 0 atom stereocenters. The van der Waals surface area contributed by atoms with Gasteiger partial charge in [0.15, 0.2) is 0 Å². The Kier molecular flexibility index (Phi) is 6.68. The van der Waals surface area contributed by atoms with Crippen LogP contribution in [0, 0.1) is 6.92 Å². The number of rotatable bonds is 8. The summed E-state index contributed by atoms with van der Waals surface area (Å²) < 4.78 is 5.95. The highest BCUT2D eigenvalue weighted by Crippen LogP contribution is 2.22. The van der Waals surface area contributed by atoms with Crippen molar-refractivity contribution < 1.29 is 4.42 Å². The predicted octanol–water partition coefficient (Wildman–Crippen LogP) is 3.37. The van der Waals surface area contributed by atoms with E-state index in [0.29, 0.717) is 0 Å². The normalized spacial score (nSPS) is 16.4. The number of benzene rings is 1. The fourth-order valence-corrected chi connectivity index (χ4v) is 3.31. The molecule has 0 spiro atoms. The van der Waals surface area contributed by atoms with Crippen LogP contribution in [0.5, 0.6) is 0 Å². The molecule has 25 heavy (non-hydrogen) atoms. The quantitative estimate of drug-likeness (QED) is 0.746. The van der Waals surface area contributed by atoms with Crippen LogP contribution in [0.3, 0.4) is 0 Å². The van der Waals surface area contributed by atoms with E-state index in [2.05, 4.69) is 65.4 Å². The maximum Gasteiger partial charge on any atom is 0.134 e. The topological polar surface area (TPSA) is 31.6 Å². The van der Waals surface area contributed by atoms with E-state index in [1.165, 1.54) is 51.3 Å². The second-order valence-corrected chi connectivity index (χ2v) is 6.94. The fraction of sp³-hybridized carbons (Fsp3) is 0.524. The van der Waals surface area contributed by atoms with Crippen LogP contribution in [-0.2, 0) is 6.54 Å². The molecule has 0 amide bonds. The Balaban J connectivity index is 1.34. The summed E-state index contributed by atoms with van der Waals surface area (Å²) in [7, 11) is 0. The van der Waals surface area contributed by atoms with Crippen molar-refractivity contribution in [3.63, 3.8) is 0 Å². The van der Waals surface area contributed by atoms with Gasteiger partial charge in [0, 0.05) is 31.7 Å². The first-order valence-electron chi connectivity index (χ1n) is 9.56. The van der Waals surface area contributed by atoms with Crippen molar-refractivity contribution in [1.82, 2.24) is 15.1 Å². The zero-order valence-electron chi connectivity index (χ0n) is 15.6. The molecule has 1 N–H and O–H groups in total. The summed E-state index contributed by atoms with van der Waals surface area (Å²) in [4.78, 5) is 5.10. The summed E-state index contributed by atoms with van der Waals surface area (Å²) in [5.41, 5.74) is 2.41. The van der Waals surface area contributed by atoms with Crippen LogP contribution in [-0.4, -0.2) is 55.6 Å². The zero-order valence-corrected chi connectivity index (χ0v) is 15.6. The van der Waals surface area contributed by atoms with E-state index in [1.807, 2.05) is 0 Å². The monoisotopic (exact) mass is 341 g/mol. The number of aryl methyl sites for hydroxylation is 1.